The summed E-state index contributed by atoms with van der Waals surface area (Å²) in [5.74, 6) is -5.06. The molecule has 0 saturated carbocycles. The van der Waals surface area contributed by atoms with Crippen LogP contribution >= 0.6 is 0 Å². The number of nitrogens with zero attached hydrogens (tertiary/aromatic N) is 9. The summed E-state index contributed by atoms with van der Waals surface area (Å²) in [5.41, 5.74) is -4.48. The van der Waals surface area contributed by atoms with Crippen molar-refractivity contribution in [2.24, 2.45) is 40.9 Å². The van der Waals surface area contributed by atoms with E-state index in [2.05, 4.69) is 46.0 Å². The summed E-state index contributed by atoms with van der Waals surface area (Å²) in [6.45, 7) is 2.96. The van der Waals surface area contributed by atoms with E-state index in [4.69, 9.17) is 4.74 Å². The standard InChI is InChI=1S/C46H34N10O20S4/c1-20-12-35(36(76-3)19-34(20)50-48-32-10-7-26(77(64,65)66)17-30(32)45(60)61)51-54-41-37(79(70,71)72)14-22-4-5-24(16-29(22)43(41)58)47-52-39-21(2)55-56(44(39)59)25-6-9-28-23(13-25)15-38(80(73,74)75)40(42(28)57)53-49-33-11-8-27(78(67,68)69)18-31(33)46(62)63/h4-19,55,57-58H,1-3H3,(H,60,61)(H,62,63)(H,64,65,66)(H,67,68,69)(H,70,71,72)(H,73,74,75). The molecule has 8 aromatic rings. The number of hydrogen-bond donors (Lipinski definition) is 9. The minimum Gasteiger partial charge on any atom is -0.505 e. The first-order chi connectivity index (χ1) is 37.3. The predicted molar refractivity (Wildman–Crippen MR) is 276 cm³/mol. The Balaban J connectivity index is 1.10. The Bertz CT molecular complexity index is 4670. The van der Waals surface area contributed by atoms with Crippen molar-refractivity contribution >= 4 is 119 Å². The van der Waals surface area contributed by atoms with Crippen LogP contribution in [0.15, 0.2) is 162 Å². The molecular formula is C46H34N10O20S4. The number of carboxylic acids is 2. The van der Waals surface area contributed by atoms with Gasteiger partial charge in [-0.3, -0.25) is 28.1 Å². The fourth-order valence-electron chi connectivity index (χ4n) is 7.60. The largest absolute Gasteiger partial charge is 0.505 e. The first-order valence-electron chi connectivity index (χ1n) is 21.8. The van der Waals surface area contributed by atoms with E-state index in [1.807, 2.05) is 0 Å². The fraction of sp³-hybridized carbons (Fsp3) is 0.0652. The number of ether oxygens (including phenoxy) is 1. The van der Waals surface area contributed by atoms with E-state index in [9.17, 15) is 86.7 Å². The van der Waals surface area contributed by atoms with Gasteiger partial charge in [0.1, 0.15) is 44.0 Å². The molecule has 1 heterocycles. The number of aromatic hydroxyl groups is 2. The van der Waals surface area contributed by atoms with Crippen LogP contribution in [-0.4, -0.2) is 101 Å². The Kier molecular flexibility index (Phi) is 14.9. The number of hydrogen-bond acceptors (Lipinski definition) is 22. The van der Waals surface area contributed by atoms with Gasteiger partial charge in [-0.25, -0.2) is 14.3 Å². The highest BCUT2D eigenvalue weighted by Gasteiger charge is 2.26. The number of aromatic carboxylic acids is 2. The molecule has 0 atom stereocenters. The normalized spacial score (nSPS) is 12.7. The van der Waals surface area contributed by atoms with Gasteiger partial charge >= 0.3 is 11.9 Å². The van der Waals surface area contributed by atoms with Gasteiger partial charge < -0.3 is 25.2 Å². The summed E-state index contributed by atoms with van der Waals surface area (Å²) in [7, 11) is -18.7. The molecule has 0 bridgehead atoms. The number of aromatic amines is 1. The van der Waals surface area contributed by atoms with Crippen LogP contribution in [0.1, 0.15) is 32.0 Å². The molecule has 0 fully saturated rings. The summed E-state index contributed by atoms with van der Waals surface area (Å²) in [5, 5.41) is 75.9. The molecule has 80 heavy (non-hydrogen) atoms. The number of carbonyl (C=O) groups is 2. The zero-order valence-corrected chi connectivity index (χ0v) is 43.6. The van der Waals surface area contributed by atoms with Crippen molar-refractivity contribution in [3.05, 3.63) is 130 Å². The third kappa shape index (κ3) is 11.5. The first kappa shape index (κ1) is 56.6. The van der Waals surface area contributed by atoms with Gasteiger partial charge in [0.05, 0.1) is 50.8 Å². The number of aryl methyl sites for hydroxylation is 2. The summed E-state index contributed by atoms with van der Waals surface area (Å²) < 4.78 is 142. The minimum absolute atomic E-state index is 0.0186. The van der Waals surface area contributed by atoms with E-state index in [-0.39, 0.29) is 67.1 Å². The van der Waals surface area contributed by atoms with Crippen molar-refractivity contribution in [3.8, 4) is 22.9 Å². The zero-order chi connectivity index (χ0) is 58.6. The lowest BCUT2D eigenvalue weighted by Gasteiger charge is -2.11. The maximum absolute atomic E-state index is 13.8. The van der Waals surface area contributed by atoms with Crippen LogP contribution in [-0.2, 0) is 40.5 Å². The molecule has 0 saturated heterocycles. The van der Waals surface area contributed by atoms with E-state index in [0.717, 1.165) is 41.1 Å². The molecule has 8 rings (SSSR count). The van der Waals surface area contributed by atoms with Crippen molar-refractivity contribution in [1.29, 1.82) is 0 Å². The Hall–Kier alpha value is -9.55. The summed E-state index contributed by atoms with van der Waals surface area (Å²) >= 11 is 0. The molecule has 0 amide bonds. The predicted octanol–water partition coefficient (Wildman–Crippen LogP) is 9.55. The summed E-state index contributed by atoms with van der Waals surface area (Å²) in [4.78, 5) is 34.1. The molecular weight excluding hydrogens is 1140 g/mol. The number of phenols is 2. The fourth-order valence-corrected chi connectivity index (χ4v) is 9.93. The molecule has 412 valence electrons. The maximum Gasteiger partial charge on any atom is 0.338 e. The second kappa shape index (κ2) is 21.0. The summed E-state index contributed by atoms with van der Waals surface area (Å²) in [6.07, 6.45) is 0. The molecule has 30 nitrogen and oxygen atoms in total. The number of azo groups is 4. The molecule has 0 aliphatic carbocycles. The van der Waals surface area contributed by atoms with E-state index in [1.165, 1.54) is 69.5 Å². The monoisotopic (exact) mass is 1170 g/mol. The Morgan fingerprint density at radius 1 is 0.512 bits per heavy atom. The van der Waals surface area contributed by atoms with E-state index in [1.54, 1.807) is 0 Å². The van der Waals surface area contributed by atoms with Crippen LogP contribution in [0, 0.1) is 13.8 Å². The molecule has 0 aliphatic heterocycles. The molecule has 34 heteroatoms. The van der Waals surface area contributed by atoms with Crippen LogP contribution in [0.5, 0.6) is 17.2 Å². The molecule has 0 aliphatic rings. The molecule has 0 radical (unpaired) electrons. The van der Waals surface area contributed by atoms with Crippen LogP contribution in [0.2, 0.25) is 0 Å². The number of benzene rings is 7. The van der Waals surface area contributed by atoms with E-state index in [0.29, 0.717) is 17.7 Å². The first-order valence-corrected chi connectivity index (χ1v) is 27.5. The SMILES string of the molecule is COc1cc(N=Nc2ccc(S(=O)(=O)O)cc2C(=O)O)c(C)cc1N=Nc1c(S(=O)(=O)O)cc2ccc(N=Nc3c(C)[nH]n(-c4ccc5c(O)c(N=Nc6ccc(S(=O)(=O)O)cc6C(=O)O)c(S(=O)(=O)O)cc5c4)c3=O)cc2c1O. The lowest BCUT2D eigenvalue weighted by Crippen LogP contribution is -2.14. The second-order valence-corrected chi connectivity index (χ2v) is 22.3. The van der Waals surface area contributed by atoms with Gasteiger partial charge in [-0.2, -0.15) is 43.9 Å². The van der Waals surface area contributed by atoms with Crippen molar-refractivity contribution in [1.82, 2.24) is 9.78 Å². The highest BCUT2D eigenvalue weighted by Crippen LogP contribution is 2.45. The molecule has 1 aromatic heterocycles. The maximum atomic E-state index is 13.8. The van der Waals surface area contributed by atoms with Gasteiger partial charge in [0.15, 0.2) is 17.2 Å². The quantitative estimate of drug-likeness (QED) is 0.0321. The third-order valence-corrected chi connectivity index (χ3v) is 14.9. The van der Waals surface area contributed by atoms with Crippen LogP contribution in [0.3, 0.4) is 0 Å². The number of phenolic OH excluding ortho intramolecular Hbond substituents is 2. The van der Waals surface area contributed by atoms with Gasteiger partial charge in [0, 0.05) is 16.8 Å². The van der Waals surface area contributed by atoms with E-state index < -0.39 is 117 Å². The van der Waals surface area contributed by atoms with Gasteiger partial charge in [-0.15, -0.1) is 30.7 Å². The lowest BCUT2D eigenvalue weighted by atomic mass is 10.1. The highest BCUT2D eigenvalue weighted by molar-refractivity contribution is 7.86. The number of nitrogens with one attached hydrogen (secondary N) is 1. The number of fused-ring (bicyclic) bond motifs is 2. The minimum atomic E-state index is -5.24. The molecule has 9 N–H and O–H groups in total. The van der Waals surface area contributed by atoms with Crippen molar-refractivity contribution < 1.29 is 86.6 Å². The van der Waals surface area contributed by atoms with Crippen molar-refractivity contribution in [2.75, 3.05) is 7.11 Å². The number of H-pyrrole nitrogens is 1. The zero-order valence-electron chi connectivity index (χ0n) is 40.4. The molecule has 0 spiro atoms. The average molecular weight is 1180 g/mol. The Morgan fingerprint density at radius 3 is 1.54 bits per heavy atom. The smallest absolute Gasteiger partial charge is 0.338 e. The van der Waals surface area contributed by atoms with Crippen LogP contribution < -0.4 is 10.3 Å². The van der Waals surface area contributed by atoms with Gasteiger partial charge in [-0.05, 0) is 115 Å². The lowest BCUT2D eigenvalue weighted by molar-refractivity contribution is 0.0686. The molecule has 7 aromatic carbocycles. The van der Waals surface area contributed by atoms with Crippen molar-refractivity contribution in [2.45, 2.75) is 33.4 Å². The van der Waals surface area contributed by atoms with Crippen LogP contribution in [0.4, 0.5) is 45.5 Å². The topological polar surface area (TPSA) is 478 Å². The summed E-state index contributed by atoms with van der Waals surface area (Å²) in [6, 6.07) is 16.9. The van der Waals surface area contributed by atoms with Gasteiger partial charge in [0.2, 0.25) is 0 Å². The second-order valence-electron chi connectivity index (χ2n) is 16.7. The number of aromatic nitrogens is 2. The molecule has 0 unspecified atom stereocenters. The van der Waals surface area contributed by atoms with Crippen molar-refractivity contribution in [3.63, 3.8) is 0 Å². The average Bonchev–Trinajstić information content (AvgIpc) is 3.72. The Morgan fingerprint density at radius 2 is 1.01 bits per heavy atom. The third-order valence-electron chi connectivity index (χ3n) is 11.5. The van der Waals surface area contributed by atoms with Gasteiger partial charge in [0.25, 0.3) is 46.0 Å². The number of carboxylic acid groups (broad SMARTS) is 2. The Labute approximate surface area is 448 Å². The van der Waals surface area contributed by atoms with Crippen LogP contribution in [0.25, 0.3) is 27.2 Å². The highest BCUT2D eigenvalue weighted by atomic mass is 32.2. The van der Waals surface area contributed by atoms with E-state index >= 15 is 0 Å². The number of rotatable bonds is 16. The van der Waals surface area contributed by atoms with Gasteiger partial charge in [-0.1, -0.05) is 6.07 Å². The number of methoxy groups -OCH3 is 1.